The van der Waals surface area contributed by atoms with Gasteiger partial charge in [0.2, 0.25) is 0 Å². The van der Waals surface area contributed by atoms with Crippen LogP contribution < -0.4 is 10.6 Å². The van der Waals surface area contributed by atoms with Gasteiger partial charge in [0, 0.05) is 23.1 Å². The minimum Gasteiger partial charge on any atom is -0.480 e. The normalized spacial score (nSPS) is 17.1. The number of carbonyl (C=O) groups is 2. The van der Waals surface area contributed by atoms with E-state index in [1.165, 1.54) is 40.9 Å². The van der Waals surface area contributed by atoms with Gasteiger partial charge < -0.3 is 10.4 Å². The molecule has 0 spiro atoms. The van der Waals surface area contributed by atoms with Gasteiger partial charge in [0.1, 0.15) is 6.04 Å². The Balaban J connectivity index is 1.34. The van der Waals surface area contributed by atoms with Gasteiger partial charge >= 0.3 is 5.97 Å². The molecule has 3 N–H and O–H groups in total. The molecule has 0 unspecified atom stereocenters. The lowest BCUT2D eigenvalue weighted by Gasteiger charge is -2.12. The minimum absolute atomic E-state index is 0.0611. The van der Waals surface area contributed by atoms with Crippen LogP contribution in [0.5, 0.6) is 0 Å². The predicted octanol–water partition coefficient (Wildman–Crippen LogP) is 5.70. The highest BCUT2D eigenvalue weighted by Crippen LogP contribution is 2.42. The first-order valence-electron chi connectivity index (χ1n) is 11.1. The fraction of sp³-hybridized carbons (Fsp3) is 0.160. The number of fused-ring (bicyclic) bond motifs is 1. The number of nitro benzene ring substituents is 1. The summed E-state index contributed by atoms with van der Waals surface area (Å²) in [5, 5.41) is 26.6. The number of nitro groups is 1. The molecule has 37 heavy (non-hydrogen) atoms. The summed E-state index contributed by atoms with van der Waals surface area (Å²) >= 11 is 3.99. The average Bonchev–Trinajstić information content (AvgIpc) is 3.51. The number of rotatable bonds is 7. The number of thiazole rings is 1. The molecule has 1 amide bonds. The van der Waals surface area contributed by atoms with Gasteiger partial charge in [-0.1, -0.05) is 35.5 Å². The van der Waals surface area contributed by atoms with E-state index in [1.807, 2.05) is 25.1 Å². The van der Waals surface area contributed by atoms with Crippen molar-refractivity contribution in [3.63, 3.8) is 0 Å². The first-order chi connectivity index (χ1) is 17.8. The Labute approximate surface area is 223 Å². The highest BCUT2D eigenvalue weighted by Gasteiger charge is 2.31. The second-order valence-corrected chi connectivity index (χ2v) is 11.8. The van der Waals surface area contributed by atoms with E-state index in [2.05, 4.69) is 15.6 Å². The number of anilines is 1. The predicted molar refractivity (Wildman–Crippen MR) is 146 cm³/mol. The van der Waals surface area contributed by atoms with Crippen molar-refractivity contribution in [2.45, 2.75) is 27.6 Å². The van der Waals surface area contributed by atoms with Gasteiger partial charge in [0.05, 0.1) is 25.4 Å². The van der Waals surface area contributed by atoms with Crippen LogP contribution in [-0.4, -0.2) is 38.7 Å². The van der Waals surface area contributed by atoms with Gasteiger partial charge in [0.15, 0.2) is 4.34 Å². The lowest BCUT2D eigenvalue weighted by molar-refractivity contribution is -0.387. The second-order valence-electron chi connectivity index (χ2n) is 8.34. The van der Waals surface area contributed by atoms with Crippen LogP contribution >= 0.6 is 34.9 Å². The van der Waals surface area contributed by atoms with Crippen molar-refractivity contribution in [3.05, 3.63) is 87.5 Å². The van der Waals surface area contributed by atoms with Gasteiger partial charge in [0.25, 0.3) is 11.6 Å². The summed E-state index contributed by atoms with van der Waals surface area (Å²) in [7, 11) is 0. The molecule has 3 aromatic carbocycles. The Morgan fingerprint density at radius 3 is 2.65 bits per heavy atom. The molecule has 4 aromatic rings. The zero-order chi connectivity index (χ0) is 26.1. The number of amides is 1. The van der Waals surface area contributed by atoms with Crippen molar-refractivity contribution in [1.82, 2.24) is 10.3 Å². The fourth-order valence-electron chi connectivity index (χ4n) is 3.76. The molecule has 188 valence electrons. The molecule has 2 atom stereocenters. The zero-order valence-corrected chi connectivity index (χ0v) is 21.8. The van der Waals surface area contributed by atoms with Gasteiger partial charge in [-0.3, -0.25) is 25.0 Å². The van der Waals surface area contributed by atoms with E-state index >= 15 is 0 Å². The lowest BCUT2D eigenvalue weighted by atomic mass is 10.1. The van der Waals surface area contributed by atoms with E-state index in [9.17, 15) is 24.8 Å². The first-order valence-corrected chi connectivity index (χ1v) is 13.8. The van der Waals surface area contributed by atoms with Crippen LogP contribution in [0.3, 0.4) is 0 Å². The highest BCUT2D eigenvalue weighted by molar-refractivity contribution is 8.01. The number of aromatic nitrogens is 1. The van der Waals surface area contributed by atoms with Gasteiger partial charge in [-0.15, -0.1) is 23.1 Å². The third-order valence-electron chi connectivity index (χ3n) is 5.70. The van der Waals surface area contributed by atoms with Crippen LogP contribution in [0, 0.1) is 17.0 Å². The molecular weight excluding hydrogens is 532 g/mol. The number of benzene rings is 3. The Morgan fingerprint density at radius 2 is 1.95 bits per heavy atom. The third kappa shape index (κ3) is 5.62. The molecule has 12 heteroatoms. The molecular formula is C25H20N4O5S3. The van der Waals surface area contributed by atoms with Crippen LogP contribution in [0.1, 0.15) is 26.9 Å². The molecule has 1 aliphatic heterocycles. The molecule has 0 aliphatic carbocycles. The summed E-state index contributed by atoms with van der Waals surface area (Å²) < 4.78 is 1.47. The third-order valence-corrected chi connectivity index (χ3v) is 9.11. The van der Waals surface area contributed by atoms with Gasteiger partial charge in [-0.2, -0.15) is 0 Å². The maximum atomic E-state index is 12.6. The number of carboxylic acids is 1. The molecule has 5 rings (SSSR count). The Bertz CT molecular complexity index is 1520. The standard InChI is InChI=1S/C25H20N4O5S3/c1-13-2-4-14(5-3-13)22(30)26-16-7-8-17-21(11-16)37-25(28-17)36-20-9-6-15(10-19(20)29(33)34)23-27-18(12-35-23)24(31)32/h2-11,18,23,27H,12H2,1H3,(H,26,30)(H,31,32)/t18-,23+/m1/s1. The van der Waals surface area contributed by atoms with E-state index in [0.717, 1.165) is 15.8 Å². The molecule has 9 nitrogen and oxygen atoms in total. The van der Waals surface area contributed by atoms with E-state index in [0.29, 0.717) is 31.8 Å². The molecule has 1 aromatic heterocycles. The van der Waals surface area contributed by atoms with Crippen molar-refractivity contribution in [2.24, 2.45) is 0 Å². The number of nitrogens with one attached hydrogen (secondary N) is 2. The van der Waals surface area contributed by atoms with E-state index in [-0.39, 0.29) is 17.0 Å². The molecule has 0 radical (unpaired) electrons. The smallest absolute Gasteiger partial charge is 0.321 e. The molecule has 1 aliphatic rings. The van der Waals surface area contributed by atoms with Crippen LogP contribution in [0.25, 0.3) is 10.2 Å². The van der Waals surface area contributed by atoms with Crippen molar-refractivity contribution < 1.29 is 19.6 Å². The van der Waals surface area contributed by atoms with Crippen LogP contribution in [-0.2, 0) is 4.79 Å². The molecule has 1 fully saturated rings. The Morgan fingerprint density at radius 1 is 1.16 bits per heavy atom. The highest BCUT2D eigenvalue weighted by atomic mass is 32.2. The van der Waals surface area contributed by atoms with Crippen molar-refractivity contribution in [1.29, 1.82) is 0 Å². The summed E-state index contributed by atoms with van der Waals surface area (Å²) in [6.07, 6.45) is 0. The van der Waals surface area contributed by atoms with Crippen LogP contribution in [0.2, 0.25) is 0 Å². The van der Waals surface area contributed by atoms with Crippen molar-refractivity contribution >= 4 is 68.3 Å². The number of carbonyl (C=O) groups excluding carboxylic acids is 1. The van der Waals surface area contributed by atoms with Crippen LogP contribution in [0.4, 0.5) is 11.4 Å². The van der Waals surface area contributed by atoms with Crippen molar-refractivity contribution in [2.75, 3.05) is 11.1 Å². The number of nitrogens with zero attached hydrogens (tertiary/aromatic N) is 2. The van der Waals surface area contributed by atoms with Crippen LogP contribution in [0.15, 0.2) is 69.9 Å². The van der Waals surface area contributed by atoms with E-state index < -0.39 is 16.9 Å². The first kappa shape index (κ1) is 25.2. The topological polar surface area (TPSA) is 134 Å². The summed E-state index contributed by atoms with van der Waals surface area (Å²) in [6.45, 7) is 1.96. The molecule has 0 saturated carbocycles. The molecule has 2 heterocycles. The largest absolute Gasteiger partial charge is 0.480 e. The number of aliphatic carboxylic acids is 1. The number of carboxylic acid groups (broad SMARTS) is 1. The monoisotopic (exact) mass is 552 g/mol. The molecule has 0 bridgehead atoms. The Kier molecular flexibility index (Phi) is 7.15. The average molecular weight is 553 g/mol. The number of aryl methyl sites for hydroxylation is 1. The number of thioether (sulfide) groups is 1. The van der Waals surface area contributed by atoms with E-state index in [4.69, 9.17) is 0 Å². The van der Waals surface area contributed by atoms with Gasteiger partial charge in [-0.05, 0) is 48.9 Å². The summed E-state index contributed by atoms with van der Waals surface area (Å²) in [4.78, 5) is 40.2. The maximum Gasteiger partial charge on any atom is 0.321 e. The maximum absolute atomic E-state index is 12.6. The quantitative estimate of drug-likeness (QED) is 0.195. The Hall–Kier alpha value is -3.45. The number of hydrogen-bond acceptors (Lipinski definition) is 9. The summed E-state index contributed by atoms with van der Waals surface area (Å²) in [5.41, 5.74) is 3.59. The van der Waals surface area contributed by atoms with E-state index in [1.54, 1.807) is 36.4 Å². The fourth-order valence-corrected chi connectivity index (χ4v) is 7.13. The summed E-state index contributed by atoms with van der Waals surface area (Å²) in [5.74, 6) is -0.757. The molecule has 1 saturated heterocycles. The lowest BCUT2D eigenvalue weighted by Crippen LogP contribution is -2.33. The van der Waals surface area contributed by atoms with Gasteiger partial charge in [-0.25, -0.2) is 4.98 Å². The SMILES string of the molecule is Cc1ccc(C(=O)Nc2ccc3nc(Sc4ccc([C@H]5N[C@@H](C(=O)O)CS5)cc4[N+](=O)[O-])sc3c2)cc1. The minimum atomic E-state index is -0.939. The van der Waals surface area contributed by atoms with Crippen molar-refractivity contribution in [3.8, 4) is 0 Å². The number of hydrogen-bond donors (Lipinski definition) is 3. The summed E-state index contributed by atoms with van der Waals surface area (Å²) in [6, 6.07) is 17.0. The zero-order valence-electron chi connectivity index (χ0n) is 19.3. The second kappa shape index (κ2) is 10.5.